The van der Waals surface area contributed by atoms with E-state index in [-0.39, 0.29) is 0 Å². The van der Waals surface area contributed by atoms with Crippen LogP contribution in [0.1, 0.15) is 38.5 Å². The first-order valence-electron chi connectivity index (χ1n) is 8.16. The van der Waals surface area contributed by atoms with Crippen LogP contribution in [-0.4, -0.2) is 25.7 Å². The maximum Gasteiger partial charge on any atom is 0.160 e. The molecule has 1 atom stereocenters. The summed E-state index contributed by atoms with van der Waals surface area (Å²) in [5.74, 6) is -0.691. The van der Waals surface area contributed by atoms with Crippen LogP contribution in [0.15, 0.2) is 18.2 Å². The molecule has 1 N–H and O–H groups in total. The fourth-order valence-electron chi connectivity index (χ4n) is 3.61. The molecule has 0 amide bonds. The first-order valence-corrected chi connectivity index (χ1v) is 8.16. The fourth-order valence-corrected chi connectivity index (χ4v) is 3.61. The maximum atomic E-state index is 13.4. The average molecular weight is 294 g/mol. The highest BCUT2D eigenvalue weighted by atomic mass is 19.2. The number of nitrogens with one attached hydrogen (secondary N) is 1. The zero-order valence-corrected chi connectivity index (χ0v) is 12.5. The van der Waals surface area contributed by atoms with Gasteiger partial charge >= 0.3 is 0 Å². The van der Waals surface area contributed by atoms with Gasteiger partial charge in [-0.2, -0.15) is 0 Å². The molecule has 0 spiro atoms. The Morgan fingerprint density at radius 2 is 1.86 bits per heavy atom. The van der Waals surface area contributed by atoms with E-state index in [4.69, 9.17) is 0 Å². The molecule has 1 aliphatic heterocycles. The monoisotopic (exact) mass is 294 g/mol. The Balaban J connectivity index is 1.55. The molecule has 116 valence electrons. The van der Waals surface area contributed by atoms with Crippen molar-refractivity contribution in [3.63, 3.8) is 0 Å². The van der Waals surface area contributed by atoms with Crippen LogP contribution in [0.3, 0.4) is 0 Å². The highest BCUT2D eigenvalue weighted by Gasteiger charge is 2.22. The summed E-state index contributed by atoms with van der Waals surface area (Å²) in [5.41, 5.74) is 0.793. The molecule has 1 unspecified atom stereocenters. The van der Waals surface area contributed by atoms with Gasteiger partial charge in [0.1, 0.15) is 0 Å². The van der Waals surface area contributed by atoms with E-state index >= 15 is 0 Å². The molecular formula is C17H24F2N2. The van der Waals surface area contributed by atoms with Crippen LogP contribution in [0.25, 0.3) is 0 Å². The number of nitrogens with zero attached hydrogens (tertiary/aromatic N) is 1. The molecule has 0 radical (unpaired) electrons. The molecule has 1 saturated carbocycles. The van der Waals surface area contributed by atoms with E-state index in [1.807, 2.05) is 0 Å². The Labute approximate surface area is 125 Å². The summed E-state index contributed by atoms with van der Waals surface area (Å²) in [4.78, 5) is 2.17. The quantitative estimate of drug-likeness (QED) is 0.910. The molecule has 0 bridgehead atoms. The number of piperidine rings is 1. The largest absolute Gasteiger partial charge is 0.370 e. The Bertz CT molecular complexity index is 472. The van der Waals surface area contributed by atoms with Gasteiger partial charge in [0.2, 0.25) is 0 Å². The second kappa shape index (κ2) is 6.73. The Morgan fingerprint density at radius 3 is 2.62 bits per heavy atom. The van der Waals surface area contributed by atoms with Gasteiger partial charge in [-0.15, -0.1) is 0 Å². The van der Waals surface area contributed by atoms with Crippen molar-refractivity contribution >= 4 is 5.69 Å². The van der Waals surface area contributed by atoms with E-state index in [1.54, 1.807) is 6.07 Å². The Morgan fingerprint density at radius 1 is 1.05 bits per heavy atom. The van der Waals surface area contributed by atoms with Crippen molar-refractivity contribution in [2.24, 2.45) is 5.92 Å². The fraction of sp³-hybridized carbons (Fsp3) is 0.647. The highest BCUT2D eigenvalue weighted by Crippen LogP contribution is 2.25. The number of anilines is 1. The summed E-state index contributed by atoms with van der Waals surface area (Å²) in [6.45, 7) is 2.92. The van der Waals surface area contributed by atoms with Crippen LogP contribution in [0.4, 0.5) is 14.5 Å². The van der Waals surface area contributed by atoms with Crippen molar-refractivity contribution in [2.45, 2.75) is 44.6 Å². The molecule has 21 heavy (non-hydrogen) atoms. The SMILES string of the molecule is Fc1ccc(N2CCCC(NCC3CCCC3)C2)cc1F. The number of benzene rings is 1. The minimum Gasteiger partial charge on any atom is -0.370 e. The lowest BCUT2D eigenvalue weighted by molar-refractivity contribution is 0.383. The van der Waals surface area contributed by atoms with E-state index in [1.165, 1.54) is 44.2 Å². The zero-order valence-electron chi connectivity index (χ0n) is 12.5. The van der Waals surface area contributed by atoms with Gasteiger partial charge in [0, 0.05) is 30.9 Å². The third-order valence-corrected chi connectivity index (χ3v) is 4.86. The van der Waals surface area contributed by atoms with Crippen molar-refractivity contribution < 1.29 is 8.78 Å². The van der Waals surface area contributed by atoms with Crippen molar-refractivity contribution in [3.8, 4) is 0 Å². The minimum atomic E-state index is -0.772. The summed E-state index contributed by atoms with van der Waals surface area (Å²) in [6.07, 6.45) is 7.73. The first-order chi connectivity index (χ1) is 10.2. The second-order valence-corrected chi connectivity index (χ2v) is 6.44. The number of hydrogen-bond donors (Lipinski definition) is 1. The molecule has 1 aromatic rings. The predicted octanol–water partition coefficient (Wildman–Crippen LogP) is 3.71. The lowest BCUT2D eigenvalue weighted by atomic mass is 10.0. The summed E-state index contributed by atoms with van der Waals surface area (Å²) in [7, 11) is 0. The standard InChI is InChI=1S/C17H24F2N2/c18-16-8-7-15(10-17(16)19)21-9-3-6-14(12-21)20-11-13-4-1-2-5-13/h7-8,10,13-14,20H,1-6,9,11-12H2. The van der Waals surface area contributed by atoms with E-state index < -0.39 is 11.6 Å². The van der Waals surface area contributed by atoms with Gasteiger partial charge in [0.25, 0.3) is 0 Å². The van der Waals surface area contributed by atoms with Crippen LogP contribution < -0.4 is 10.2 Å². The lowest BCUT2D eigenvalue weighted by Gasteiger charge is -2.35. The second-order valence-electron chi connectivity index (χ2n) is 6.44. The smallest absolute Gasteiger partial charge is 0.160 e. The zero-order chi connectivity index (χ0) is 14.7. The molecule has 4 heteroatoms. The predicted molar refractivity (Wildman–Crippen MR) is 81.6 cm³/mol. The van der Waals surface area contributed by atoms with Crippen LogP contribution in [0.5, 0.6) is 0 Å². The van der Waals surface area contributed by atoms with Gasteiger partial charge in [-0.1, -0.05) is 12.8 Å². The molecular weight excluding hydrogens is 270 g/mol. The third-order valence-electron chi connectivity index (χ3n) is 4.86. The molecule has 0 aromatic heterocycles. The summed E-state index contributed by atoms with van der Waals surface area (Å²) in [6, 6.07) is 4.68. The van der Waals surface area contributed by atoms with Crippen molar-refractivity contribution in [3.05, 3.63) is 29.8 Å². The van der Waals surface area contributed by atoms with Crippen LogP contribution >= 0.6 is 0 Å². The van der Waals surface area contributed by atoms with Gasteiger partial charge in [-0.25, -0.2) is 8.78 Å². The van der Waals surface area contributed by atoms with Gasteiger partial charge in [0.05, 0.1) is 0 Å². The van der Waals surface area contributed by atoms with Gasteiger partial charge in [0.15, 0.2) is 11.6 Å². The summed E-state index contributed by atoms with van der Waals surface area (Å²) >= 11 is 0. The van der Waals surface area contributed by atoms with Crippen LogP contribution in [-0.2, 0) is 0 Å². The molecule has 2 fully saturated rings. The average Bonchev–Trinajstić information content (AvgIpc) is 3.02. The van der Waals surface area contributed by atoms with Crippen molar-refractivity contribution in [2.75, 3.05) is 24.5 Å². The van der Waals surface area contributed by atoms with E-state index in [9.17, 15) is 8.78 Å². The maximum absolute atomic E-state index is 13.4. The lowest BCUT2D eigenvalue weighted by Crippen LogP contribution is -2.46. The van der Waals surface area contributed by atoms with E-state index in [0.717, 1.165) is 37.7 Å². The van der Waals surface area contributed by atoms with Crippen LogP contribution in [0.2, 0.25) is 0 Å². The summed E-state index contributed by atoms with van der Waals surface area (Å²) < 4.78 is 26.4. The van der Waals surface area contributed by atoms with Gasteiger partial charge < -0.3 is 10.2 Å². The number of halogens is 2. The van der Waals surface area contributed by atoms with Crippen molar-refractivity contribution in [1.29, 1.82) is 0 Å². The van der Waals surface area contributed by atoms with Gasteiger partial charge in [-0.3, -0.25) is 0 Å². The third kappa shape index (κ3) is 3.73. The molecule has 1 aliphatic carbocycles. The Hall–Kier alpha value is -1.16. The van der Waals surface area contributed by atoms with E-state index in [2.05, 4.69) is 10.2 Å². The highest BCUT2D eigenvalue weighted by molar-refractivity contribution is 5.47. The number of hydrogen-bond acceptors (Lipinski definition) is 2. The molecule has 2 aliphatic rings. The normalized spacial score (nSPS) is 23.7. The molecule has 2 nitrogen and oxygen atoms in total. The minimum absolute atomic E-state index is 0.465. The van der Waals surface area contributed by atoms with E-state index in [0.29, 0.717) is 6.04 Å². The molecule has 1 heterocycles. The van der Waals surface area contributed by atoms with Crippen LogP contribution in [0, 0.1) is 17.6 Å². The molecule has 1 saturated heterocycles. The first kappa shape index (κ1) is 14.8. The molecule has 3 rings (SSSR count). The Kier molecular flexibility index (Phi) is 4.73. The number of rotatable bonds is 4. The topological polar surface area (TPSA) is 15.3 Å². The summed E-state index contributed by atoms with van der Waals surface area (Å²) in [5, 5.41) is 3.68. The van der Waals surface area contributed by atoms with Crippen molar-refractivity contribution in [1.82, 2.24) is 5.32 Å². The van der Waals surface area contributed by atoms with Gasteiger partial charge in [-0.05, 0) is 50.3 Å². The molecule has 1 aromatic carbocycles.